The van der Waals surface area contributed by atoms with Crippen molar-refractivity contribution >= 4 is 40.6 Å². The summed E-state index contributed by atoms with van der Waals surface area (Å²) in [5, 5.41) is 12.7. The Morgan fingerprint density at radius 1 is 0.963 bits per heavy atom. The number of carbonyl (C=O) groups is 1. The lowest BCUT2D eigenvalue weighted by Crippen LogP contribution is -2.31. The first kappa shape index (κ1) is 18.8. The Balaban J connectivity index is 1.75. The fraction of sp³-hybridized carbons (Fsp3) is 0.0476. The van der Waals surface area contributed by atoms with E-state index in [2.05, 4.69) is 11.4 Å². The van der Waals surface area contributed by atoms with E-state index in [0.29, 0.717) is 21.3 Å². The van der Waals surface area contributed by atoms with E-state index in [1.54, 1.807) is 31.3 Å². The van der Waals surface area contributed by atoms with Gasteiger partial charge in [0, 0.05) is 28.5 Å². The van der Waals surface area contributed by atoms with Crippen LogP contribution in [0.25, 0.3) is 11.1 Å². The highest BCUT2D eigenvalue weighted by atomic mass is 35.5. The van der Waals surface area contributed by atoms with E-state index in [1.807, 2.05) is 42.5 Å². The van der Waals surface area contributed by atoms with Crippen molar-refractivity contribution in [1.82, 2.24) is 0 Å². The van der Waals surface area contributed by atoms with Crippen LogP contribution in [0.2, 0.25) is 10.0 Å². The molecule has 0 bridgehead atoms. The second kappa shape index (κ2) is 8.13. The Bertz CT molecular complexity index is 1010. The SMILES string of the molecule is CN(C(=O)Nc1cc(Cl)cc(Cl)c1)c1ccc(-c2cccc(C#N)c2)cc1. The van der Waals surface area contributed by atoms with Gasteiger partial charge in [0.2, 0.25) is 0 Å². The molecule has 1 N–H and O–H groups in total. The summed E-state index contributed by atoms with van der Waals surface area (Å²) in [6.45, 7) is 0. The van der Waals surface area contributed by atoms with Crippen molar-refractivity contribution in [1.29, 1.82) is 5.26 Å². The first-order chi connectivity index (χ1) is 13.0. The highest BCUT2D eigenvalue weighted by Crippen LogP contribution is 2.25. The van der Waals surface area contributed by atoms with Crippen LogP contribution < -0.4 is 10.2 Å². The molecule has 0 aliphatic carbocycles. The summed E-state index contributed by atoms with van der Waals surface area (Å²) in [5.41, 5.74) is 3.76. The van der Waals surface area contributed by atoms with E-state index in [0.717, 1.165) is 16.8 Å². The van der Waals surface area contributed by atoms with Crippen LogP contribution in [0, 0.1) is 11.3 Å². The minimum Gasteiger partial charge on any atom is -0.307 e. The number of halogens is 2. The zero-order valence-corrected chi connectivity index (χ0v) is 15.9. The molecule has 0 saturated heterocycles. The lowest BCUT2D eigenvalue weighted by molar-refractivity contribution is 0.258. The van der Waals surface area contributed by atoms with E-state index >= 15 is 0 Å². The van der Waals surface area contributed by atoms with Gasteiger partial charge < -0.3 is 5.32 Å². The monoisotopic (exact) mass is 395 g/mol. The molecule has 4 nitrogen and oxygen atoms in total. The average Bonchev–Trinajstić information content (AvgIpc) is 2.66. The number of rotatable bonds is 3. The Hall–Kier alpha value is -3.00. The van der Waals surface area contributed by atoms with E-state index < -0.39 is 0 Å². The van der Waals surface area contributed by atoms with Crippen LogP contribution in [-0.4, -0.2) is 13.1 Å². The van der Waals surface area contributed by atoms with Crippen LogP contribution in [0.1, 0.15) is 5.56 Å². The molecule has 0 spiro atoms. The molecule has 0 radical (unpaired) electrons. The van der Waals surface area contributed by atoms with E-state index in [4.69, 9.17) is 28.5 Å². The van der Waals surface area contributed by atoms with Crippen LogP contribution in [0.3, 0.4) is 0 Å². The molecule has 3 aromatic carbocycles. The number of nitrogens with one attached hydrogen (secondary N) is 1. The van der Waals surface area contributed by atoms with Crippen molar-refractivity contribution in [2.45, 2.75) is 0 Å². The predicted octanol–water partition coefficient (Wildman–Crippen LogP) is 6.20. The summed E-state index contributed by atoms with van der Waals surface area (Å²) in [6, 6.07) is 21.6. The second-order valence-electron chi connectivity index (χ2n) is 5.89. The van der Waals surface area contributed by atoms with Crippen LogP contribution in [-0.2, 0) is 0 Å². The van der Waals surface area contributed by atoms with E-state index in [-0.39, 0.29) is 6.03 Å². The molecular weight excluding hydrogens is 381 g/mol. The zero-order valence-electron chi connectivity index (χ0n) is 14.4. The van der Waals surface area contributed by atoms with Gasteiger partial charge in [-0.2, -0.15) is 5.26 Å². The molecule has 6 heteroatoms. The molecule has 0 unspecified atom stereocenters. The van der Waals surface area contributed by atoms with Crippen LogP contribution >= 0.6 is 23.2 Å². The van der Waals surface area contributed by atoms with Gasteiger partial charge in [0.05, 0.1) is 11.6 Å². The fourth-order valence-corrected chi connectivity index (χ4v) is 3.12. The minimum absolute atomic E-state index is 0.312. The molecule has 0 aliphatic heterocycles. The third kappa shape index (κ3) is 4.59. The summed E-state index contributed by atoms with van der Waals surface area (Å²) >= 11 is 11.9. The van der Waals surface area contributed by atoms with Crippen molar-refractivity contribution in [3.8, 4) is 17.2 Å². The smallest absolute Gasteiger partial charge is 0.307 e. The predicted molar refractivity (Wildman–Crippen MR) is 110 cm³/mol. The fourth-order valence-electron chi connectivity index (χ4n) is 2.60. The van der Waals surface area contributed by atoms with Crippen molar-refractivity contribution in [3.63, 3.8) is 0 Å². The average molecular weight is 396 g/mol. The number of urea groups is 1. The molecule has 0 fully saturated rings. The summed E-state index contributed by atoms with van der Waals surface area (Å²) in [6.07, 6.45) is 0. The highest BCUT2D eigenvalue weighted by Gasteiger charge is 2.12. The highest BCUT2D eigenvalue weighted by molar-refractivity contribution is 6.35. The van der Waals surface area contributed by atoms with Gasteiger partial charge in [-0.1, -0.05) is 47.5 Å². The number of hydrogen-bond donors (Lipinski definition) is 1. The third-order valence-electron chi connectivity index (χ3n) is 4.00. The summed E-state index contributed by atoms with van der Waals surface area (Å²) in [4.78, 5) is 14.0. The molecule has 134 valence electrons. The Morgan fingerprint density at radius 3 is 2.26 bits per heavy atom. The molecule has 3 aromatic rings. The van der Waals surface area contributed by atoms with Gasteiger partial charge in [-0.15, -0.1) is 0 Å². The first-order valence-corrected chi connectivity index (χ1v) is 8.83. The van der Waals surface area contributed by atoms with Crippen LogP contribution in [0.15, 0.2) is 66.7 Å². The summed E-state index contributed by atoms with van der Waals surface area (Å²) in [7, 11) is 1.67. The maximum Gasteiger partial charge on any atom is 0.326 e. The molecule has 0 aromatic heterocycles. The van der Waals surface area contributed by atoms with Crippen LogP contribution in [0.4, 0.5) is 16.2 Å². The third-order valence-corrected chi connectivity index (χ3v) is 4.43. The molecule has 2 amide bonds. The standard InChI is InChI=1S/C21H15Cl2N3O/c1-26(21(27)25-19-11-17(22)10-18(23)12-19)20-7-5-15(6-8-20)16-4-2-3-14(9-16)13-24/h2-12H,1H3,(H,25,27). The van der Waals surface area contributed by atoms with Gasteiger partial charge in [0.25, 0.3) is 0 Å². The summed E-state index contributed by atoms with van der Waals surface area (Å²) < 4.78 is 0. The van der Waals surface area contributed by atoms with Crippen molar-refractivity contribution in [3.05, 3.63) is 82.3 Å². The lowest BCUT2D eigenvalue weighted by atomic mass is 10.0. The van der Waals surface area contributed by atoms with E-state index in [1.165, 1.54) is 4.90 Å². The van der Waals surface area contributed by atoms with Gasteiger partial charge in [-0.05, 0) is 53.6 Å². The molecule has 0 heterocycles. The zero-order chi connectivity index (χ0) is 19.4. The number of carbonyl (C=O) groups excluding carboxylic acids is 1. The maximum atomic E-state index is 12.5. The second-order valence-corrected chi connectivity index (χ2v) is 6.76. The largest absolute Gasteiger partial charge is 0.326 e. The van der Waals surface area contributed by atoms with Crippen molar-refractivity contribution in [2.24, 2.45) is 0 Å². The molecule has 0 atom stereocenters. The topological polar surface area (TPSA) is 56.1 Å². The molecule has 3 rings (SSSR count). The van der Waals surface area contributed by atoms with Crippen molar-refractivity contribution < 1.29 is 4.79 Å². The normalized spacial score (nSPS) is 10.1. The van der Waals surface area contributed by atoms with Gasteiger partial charge in [-0.25, -0.2) is 4.79 Å². The molecular formula is C21H15Cl2N3O. The van der Waals surface area contributed by atoms with Gasteiger partial charge in [0.15, 0.2) is 0 Å². The lowest BCUT2D eigenvalue weighted by Gasteiger charge is -2.19. The number of anilines is 2. The Kier molecular flexibility index (Phi) is 5.66. The molecule has 27 heavy (non-hydrogen) atoms. The van der Waals surface area contributed by atoms with Crippen molar-refractivity contribution in [2.75, 3.05) is 17.3 Å². The van der Waals surface area contributed by atoms with Gasteiger partial charge in [0.1, 0.15) is 0 Å². The number of hydrogen-bond acceptors (Lipinski definition) is 2. The molecule has 0 aliphatic rings. The number of benzene rings is 3. The first-order valence-electron chi connectivity index (χ1n) is 8.07. The van der Waals surface area contributed by atoms with Gasteiger partial charge in [-0.3, -0.25) is 4.90 Å². The molecule has 0 saturated carbocycles. The van der Waals surface area contributed by atoms with Gasteiger partial charge >= 0.3 is 6.03 Å². The van der Waals surface area contributed by atoms with Crippen LogP contribution in [0.5, 0.6) is 0 Å². The Morgan fingerprint density at radius 2 is 1.63 bits per heavy atom. The van der Waals surface area contributed by atoms with E-state index in [9.17, 15) is 4.79 Å². The quantitative estimate of drug-likeness (QED) is 0.573. The summed E-state index contributed by atoms with van der Waals surface area (Å²) in [5.74, 6) is 0. The number of amides is 2. The minimum atomic E-state index is -0.312. The number of nitriles is 1. The number of nitrogens with zero attached hydrogens (tertiary/aromatic N) is 2. The maximum absolute atomic E-state index is 12.5. The Labute approximate surface area is 167 Å².